The molecule has 8 aliphatic carbocycles. The zero-order valence-electron chi connectivity index (χ0n) is 30.3. The lowest BCUT2D eigenvalue weighted by Gasteiger charge is -2.56. The number of rotatable bonds is 4. The van der Waals surface area contributed by atoms with E-state index in [1.807, 2.05) is 18.2 Å². The highest BCUT2D eigenvalue weighted by Crippen LogP contribution is 2.69. The first-order valence-electron chi connectivity index (χ1n) is 20.5. The largest absolute Gasteiger partial charge is 0.392 e. The van der Waals surface area contributed by atoms with Gasteiger partial charge in [-0.1, -0.05) is 49.3 Å². The van der Waals surface area contributed by atoms with Crippen molar-refractivity contribution < 1.29 is 24.5 Å². The standard InChI is InChI=1S/C22H32O3.C22H30O2/c1-2-21-11-8-18-17-7-5-16(24)14-15(17)4-6-19(18)20(21)9-12-22(21,25)10-3-13-23;1-2-21-11-8-18-17-7-5-16(23)14-15(17)4-6-19(18)20(21)9-12-22(21)10-3-13-24-22/h3,10,14,17-20,23,25H,2,4-9,11-13H2,1H3;3,10,14,17-20H,2,4-9,11-13H2,1H3/b10-3-;/t2*17-,18?,19?,20?,21-,22-/m00/s1. The molecule has 49 heavy (non-hydrogen) atoms. The SMILES string of the molecule is CC[C@]12CCC3C(CCC4=CC(=O)CC[C@@H]43)C1CC[C@@]2(O)/C=C\CO.CC[C@]12CCC3C(CCC4=CC(=O)CC[C@@H]43)C1CC[C@@]21C=CCO1. The molecule has 1 spiro atoms. The number of hydrogen-bond acceptors (Lipinski definition) is 5. The molecule has 6 saturated carbocycles. The van der Waals surface area contributed by atoms with Crippen molar-refractivity contribution in [3.63, 3.8) is 0 Å². The van der Waals surface area contributed by atoms with Gasteiger partial charge in [-0.05, 0) is 162 Å². The van der Waals surface area contributed by atoms with E-state index in [1.54, 1.807) is 6.08 Å². The average molecular weight is 671 g/mol. The number of ketones is 2. The van der Waals surface area contributed by atoms with Crippen LogP contribution in [0.4, 0.5) is 0 Å². The summed E-state index contributed by atoms with van der Waals surface area (Å²) in [5.41, 5.74) is 2.59. The second-order valence-corrected chi connectivity index (χ2v) is 17.9. The molecule has 9 rings (SSSR count). The van der Waals surface area contributed by atoms with E-state index in [-0.39, 0.29) is 17.6 Å². The van der Waals surface area contributed by atoms with Gasteiger partial charge >= 0.3 is 0 Å². The molecular formula is C44H62O5. The van der Waals surface area contributed by atoms with Crippen molar-refractivity contribution in [2.75, 3.05) is 13.2 Å². The topological polar surface area (TPSA) is 83.8 Å². The molecule has 0 radical (unpaired) electrons. The Kier molecular flexibility index (Phi) is 9.09. The van der Waals surface area contributed by atoms with Crippen LogP contribution in [0.15, 0.2) is 47.6 Å². The van der Waals surface area contributed by atoms with Crippen LogP contribution in [0.25, 0.3) is 0 Å². The lowest BCUT2D eigenvalue weighted by molar-refractivity contribution is -0.125. The van der Waals surface area contributed by atoms with Gasteiger partial charge in [0.05, 0.1) is 24.4 Å². The predicted molar refractivity (Wildman–Crippen MR) is 192 cm³/mol. The van der Waals surface area contributed by atoms with Gasteiger partial charge in [-0.2, -0.15) is 0 Å². The summed E-state index contributed by atoms with van der Waals surface area (Å²) in [4.78, 5) is 23.6. The molecule has 0 bridgehead atoms. The number of ether oxygens (including phenoxy) is 1. The molecule has 5 heteroatoms. The third-order valence-corrected chi connectivity index (χ3v) is 17.0. The Morgan fingerprint density at radius 2 is 1.29 bits per heavy atom. The molecule has 268 valence electrons. The van der Waals surface area contributed by atoms with Crippen LogP contribution in [0, 0.1) is 58.2 Å². The number of fused-ring (bicyclic) bond motifs is 11. The maximum absolute atomic E-state index is 11.8. The summed E-state index contributed by atoms with van der Waals surface area (Å²) in [6.07, 6.45) is 32.5. The molecule has 2 N–H and O–H groups in total. The van der Waals surface area contributed by atoms with Gasteiger partial charge in [-0.3, -0.25) is 9.59 Å². The van der Waals surface area contributed by atoms with Crippen LogP contribution in [0.2, 0.25) is 0 Å². The summed E-state index contributed by atoms with van der Waals surface area (Å²) in [5.74, 6) is 6.57. The van der Waals surface area contributed by atoms with Crippen molar-refractivity contribution in [2.45, 2.75) is 141 Å². The lowest BCUT2D eigenvalue weighted by atomic mass is 9.49. The number of hydrogen-bond donors (Lipinski definition) is 2. The molecule has 6 fully saturated rings. The van der Waals surface area contributed by atoms with Crippen molar-refractivity contribution in [1.29, 1.82) is 0 Å². The number of aliphatic hydroxyl groups is 2. The highest BCUT2D eigenvalue weighted by molar-refractivity contribution is 5.91. The molecular weight excluding hydrogens is 608 g/mol. The van der Waals surface area contributed by atoms with E-state index in [9.17, 15) is 19.8 Å². The Morgan fingerprint density at radius 3 is 1.84 bits per heavy atom. The van der Waals surface area contributed by atoms with Crippen molar-refractivity contribution in [3.05, 3.63) is 47.6 Å². The van der Waals surface area contributed by atoms with Crippen LogP contribution < -0.4 is 0 Å². The Balaban J connectivity index is 0.000000142. The van der Waals surface area contributed by atoms with E-state index in [0.717, 1.165) is 82.1 Å². The van der Waals surface area contributed by atoms with E-state index < -0.39 is 5.60 Å². The minimum Gasteiger partial charge on any atom is -0.392 e. The molecule has 1 aliphatic heterocycles. The van der Waals surface area contributed by atoms with E-state index in [0.29, 0.717) is 46.6 Å². The summed E-state index contributed by atoms with van der Waals surface area (Å²) in [6.45, 7) is 5.47. The summed E-state index contributed by atoms with van der Waals surface area (Å²) in [7, 11) is 0. The first-order valence-corrected chi connectivity index (χ1v) is 20.5. The van der Waals surface area contributed by atoms with E-state index in [2.05, 4.69) is 26.0 Å². The fourth-order valence-electron chi connectivity index (χ4n) is 15.0. The summed E-state index contributed by atoms with van der Waals surface area (Å²) >= 11 is 0. The van der Waals surface area contributed by atoms with E-state index >= 15 is 0 Å². The van der Waals surface area contributed by atoms with Crippen LogP contribution >= 0.6 is 0 Å². The van der Waals surface area contributed by atoms with Gasteiger partial charge in [0.25, 0.3) is 0 Å². The molecule has 1 heterocycles. The molecule has 0 amide bonds. The normalized spacial score (nSPS) is 48.1. The molecule has 5 nitrogen and oxygen atoms in total. The van der Waals surface area contributed by atoms with E-state index in [1.165, 1.54) is 68.9 Å². The second kappa shape index (κ2) is 13.0. The maximum atomic E-state index is 11.8. The van der Waals surface area contributed by atoms with Crippen LogP contribution in [-0.4, -0.2) is 46.2 Å². The van der Waals surface area contributed by atoms with Gasteiger partial charge in [0.2, 0.25) is 0 Å². The number of carbonyl (C=O) groups excluding carboxylic acids is 2. The Morgan fingerprint density at radius 1 is 0.714 bits per heavy atom. The van der Waals surface area contributed by atoms with Gasteiger partial charge in [-0.15, -0.1) is 0 Å². The minimum atomic E-state index is -0.751. The number of allylic oxidation sites excluding steroid dienone is 2. The molecule has 0 aromatic carbocycles. The molecule has 6 unspecified atom stereocenters. The Labute approximate surface area is 295 Å². The molecule has 12 atom stereocenters. The third-order valence-electron chi connectivity index (χ3n) is 17.0. The van der Waals surface area contributed by atoms with Crippen molar-refractivity contribution in [2.24, 2.45) is 58.2 Å². The summed E-state index contributed by atoms with van der Waals surface area (Å²) in [6, 6.07) is 0. The summed E-state index contributed by atoms with van der Waals surface area (Å²) < 4.78 is 6.40. The average Bonchev–Trinajstić information content (AvgIpc) is 3.82. The molecule has 0 aromatic rings. The predicted octanol–water partition coefficient (Wildman–Crippen LogP) is 8.64. The Bertz CT molecular complexity index is 1440. The first-order chi connectivity index (χ1) is 23.7. The van der Waals surface area contributed by atoms with Gasteiger partial charge in [0.15, 0.2) is 11.6 Å². The van der Waals surface area contributed by atoms with Crippen molar-refractivity contribution >= 4 is 11.6 Å². The summed E-state index contributed by atoms with van der Waals surface area (Å²) in [5, 5.41) is 20.7. The zero-order chi connectivity index (χ0) is 34.0. The highest BCUT2D eigenvalue weighted by atomic mass is 16.5. The smallest absolute Gasteiger partial charge is 0.155 e. The monoisotopic (exact) mass is 670 g/mol. The van der Waals surface area contributed by atoms with Gasteiger partial charge in [0, 0.05) is 23.7 Å². The quantitative estimate of drug-likeness (QED) is 0.293. The molecule has 9 aliphatic rings. The highest BCUT2D eigenvalue weighted by Gasteiger charge is 2.65. The fourth-order valence-corrected chi connectivity index (χ4v) is 15.0. The van der Waals surface area contributed by atoms with Crippen LogP contribution in [-0.2, 0) is 14.3 Å². The Hall–Kier alpha value is -1.82. The number of aliphatic hydroxyl groups excluding tert-OH is 1. The van der Waals surface area contributed by atoms with Gasteiger partial charge < -0.3 is 14.9 Å². The molecule has 0 saturated heterocycles. The molecule has 0 aromatic heterocycles. The third kappa shape index (κ3) is 5.16. The minimum absolute atomic E-state index is 0.00306. The van der Waals surface area contributed by atoms with Crippen LogP contribution in [0.5, 0.6) is 0 Å². The maximum Gasteiger partial charge on any atom is 0.155 e. The van der Waals surface area contributed by atoms with Gasteiger partial charge in [0.1, 0.15) is 0 Å². The second-order valence-electron chi connectivity index (χ2n) is 17.9. The fraction of sp³-hybridized carbons (Fsp3) is 0.773. The van der Waals surface area contributed by atoms with E-state index in [4.69, 9.17) is 4.74 Å². The number of carbonyl (C=O) groups is 2. The van der Waals surface area contributed by atoms with Crippen LogP contribution in [0.1, 0.15) is 129 Å². The van der Waals surface area contributed by atoms with Crippen molar-refractivity contribution in [3.8, 4) is 0 Å². The van der Waals surface area contributed by atoms with Crippen molar-refractivity contribution in [1.82, 2.24) is 0 Å². The van der Waals surface area contributed by atoms with Gasteiger partial charge in [-0.25, -0.2) is 0 Å². The zero-order valence-corrected chi connectivity index (χ0v) is 30.3. The van der Waals surface area contributed by atoms with Crippen LogP contribution in [0.3, 0.4) is 0 Å². The lowest BCUT2D eigenvalue weighted by Crippen LogP contribution is -2.53. The first kappa shape index (κ1) is 34.3.